The Bertz CT molecular complexity index is 473. The molecule has 6 nitrogen and oxygen atoms in total. The van der Waals surface area contributed by atoms with Crippen molar-refractivity contribution in [3.63, 3.8) is 0 Å². The maximum atomic E-state index is 12.7. The molecule has 1 amide bonds. The number of ether oxygens (including phenoxy) is 2. The lowest BCUT2D eigenvalue weighted by atomic mass is 9.79. The van der Waals surface area contributed by atoms with Gasteiger partial charge in [-0.15, -0.1) is 24.8 Å². The molecule has 0 aromatic rings. The van der Waals surface area contributed by atoms with Crippen LogP contribution in [0, 0.1) is 0 Å². The van der Waals surface area contributed by atoms with Crippen LogP contribution in [0.15, 0.2) is 0 Å². The fourth-order valence-corrected chi connectivity index (χ4v) is 4.62. The van der Waals surface area contributed by atoms with Crippen molar-refractivity contribution in [3.8, 4) is 0 Å². The first kappa shape index (κ1) is 24.9. The molecule has 0 bridgehead atoms. The van der Waals surface area contributed by atoms with Crippen molar-refractivity contribution in [2.24, 2.45) is 0 Å². The van der Waals surface area contributed by atoms with Crippen molar-refractivity contribution in [3.05, 3.63) is 0 Å². The molecule has 0 aromatic carbocycles. The van der Waals surface area contributed by atoms with Gasteiger partial charge in [0.1, 0.15) is 6.04 Å². The van der Waals surface area contributed by atoms with Crippen LogP contribution in [0.25, 0.3) is 0 Å². The highest BCUT2D eigenvalue weighted by Crippen LogP contribution is 2.36. The fraction of sp³-hybridized carbons (Fsp3) is 0.947. The summed E-state index contributed by atoms with van der Waals surface area (Å²) < 4.78 is 11.5. The number of hydrogen-bond acceptors (Lipinski definition) is 5. The van der Waals surface area contributed by atoms with Gasteiger partial charge in [-0.2, -0.15) is 0 Å². The van der Waals surface area contributed by atoms with E-state index >= 15 is 0 Å². The van der Waals surface area contributed by atoms with Crippen LogP contribution >= 0.6 is 24.8 Å². The number of nitrogens with one attached hydrogen (secondary N) is 2. The second kappa shape index (κ2) is 10.6. The Hall–Kier alpha value is -0.110. The highest BCUT2D eigenvalue weighted by Gasteiger charge is 2.43. The molecule has 2 saturated heterocycles. The van der Waals surface area contributed by atoms with Crippen LogP contribution in [0.5, 0.6) is 0 Å². The minimum absolute atomic E-state index is 0. The predicted octanol–water partition coefficient (Wildman–Crippen LogP) is 2.14. The molecule has 0 radical (unpaired) electrons. The van der Waals surface area contributed by atoms with Gasteiger partial charge in [0.25, 0.3) is 0 Å². The molecule has 1 aliphatic carbocycles. The summed E-state index contributed by atoms with van der Waals surface area (Å²) in [5.41, 5.74) is -0.0340. The zero-order chi connectivity index (χ0) is 17.9. The standard InChI is InChI=1S/C19H35N3O3.2ClH/c1-15-16(20-9-11-24-15)17(23)21-13-19(7-5-4-6-8-19)22-10-12-25-18(2,3)14-22;;/h15-16,20H,4-14H2,1-3H3,(H,21,23);2*1H/t15-,16+;;/m1../s1. The lowest BCUT2D eigenvalue weighted by Gasteiger charge is -2.51. The Morgan fingerprint density at radius 1 is 1.19 bits per heavy atom. The van der Waals surface area contributed by atoms with Gasteiger partial charge in [0, 0.05) is 31.7 Å². The molecule has 27 heavy (non-hydrogen) atoms. The quantitative estimate of drug-likeness (QED) is 0.721. The van der Waals surface area contributed by atoms with E-state index in [1.807, 2.05) is 6.92 Å². The van der Waals surface area contributed by atoms with E-state index in [0.717, 1.165) is 45.6 Å². The normalized spacial score (nSPS) is 30.5. The van der Waals surface area contributed by atoms with Crippen LogP contribution in [0.2, 0.25) is 0 Å². The smallest absolute Gasteiger partial charge is 0.239 e. The summed E-state index contributed by atoms with van der Waals surface area (Å²) in [4.78, 5) is 15.3. The highest BCUT2D eigenvalue weighted by atomic mass is 35.5. The molecule has 2 atom stereocenters. The lowest BCUT2D eigenvalue weighted by Crippen LogP contribution is -2.64. The van der Waals surface area contributed by atoms with Gasteiger partial charge in [-0.25, -0.2) is 0 Å². The number of halogens is 2. The molecule has 2 aliphatic heterocycles. The average Bonchev–Trinajstić information content (AvgIpc) is 2.60. The number of morpholine rings is 2. The summed E-state index contributed by atoms with van der Waals surface area (Å²) in [5, 5.41) is 6.54. The van der Waals surface area contributed by atoms with Gasteiger partial charge in [0.05, 0.1) is 24.9 Å². The molecule has 8 heteroatoms. The largest absolute Gasteiger partial charge is 0.375 e. The third kappa shape index (κ3) is 6.18. The number of nitrogens with zero attached hydrogens (tertiary/aromatic N) is 1. The van der Waals surface area contributed by atoms with Crippen molar-refractivity contribution in [2.45, 2.75) is 76.2 Å². The summed E-state index contributed by atoms with van der Waals surface area (Å²) in [5.74, 6) is 0.0738. The number of hydrogen-bond donors (Lipinski definition) is 2. The van der Waals surface area contributed by atoms with Gasteiger partial charge >= 0.3 is 0 Å². The fourth-order valence-electron chi connectivity index (χ4n) is 4.62. The average molecular weight is 426 g/mol. The van der Waals surface area contributed by atoms with Crippen LogP contribution in [0.3, 0.4) is 0 Å². The predicted molar refractivity (Wildman–Crippen MR) is 112 cm³/mol. The third-order valence-electron chi connectivity index (χ3n) is 6.07. The van der Waals surface area contributed by atoms with E-state index in [1.54, 1.807) is 0 Å². The van der Waals surface area contributed by atoms with E-state index in [0.29, 0.717) is 6.61 Å². The Labute approximate surface area is 176 Å². The Morgan fingerprint density at radius 3 is 2.52 bits per heavy atom. The highest BCUT2D eigenvalue weighted by molar-refractivity contribution is 5.85. The molecule has 0 spiro atoms. The number of carbonyl (C=O) groups excluding carboxylic acids is 1. The molecule has 2 N–H and O–H groups in total. The minimum Gasteiger partial charge on any atom is -0.375 e. The summed E-state index contributed by atoms with van der Waals surface area (Å²) in [6, 6.07) is -0.240. The van der Waals surface area contributed by atoms with Gasteiger partial charge in [-0.3, -0.25) is 9.69 Å². The number of carbonyl (C=O) groups is 1. The maximum absolute atomic E-state index is 12.7. The molecule has 0 aromatic heterocycles. The molecule has 0 unspecified atom stereocenters. The topological polar surface area (TPSA) is 62.8 Å². The van der Waals surface area contributed by atoms with Crippen LogP contribution in [-0.2, 0) is 14.3 Å². The first-order chi connectivity index (χ1) is 11.9. The van der Waals surface area contributed by atoms with Gasteiger partial charge in [-0.1, -0.05) is 19.3 Å². The maximum Gasteiger partial charge on any atom is 0.239 e. The zero-order valence-electron chi connectivity index (χ0n) is 16.9. The molecule has 3 rings (SSSR count). The summed E-state index contributed by atoms with van der Waals surface area (Å²) in [6.45, 7) is 11.1. The molecular weight excluding hydrogens is 389 g/mol. The number of amides is 1. The van der Waals surface area contributed by atoms with Gasteiger partial charge in [0.15, 0.2) is 0 Å². The molecule has 160 valence electrons. The first-order valence-electron chi connectivity index (χ1n) is 9.94. The van der Waals surface area contributed by atoms with E-state index in [2.05, 4.69) is 29.4 Å². The van der Waals surface area contributed by atoms with E-state index in [9.17, 15) is 4.79 Å². The van der Waals surface area contributed by atoms with Gasteiger partial charge in [-0.05, 0) is 33.6 Å². The third-order valence-corrected chi connectivity index (χ3v) is 6.07. The van der Waals surface area contributed by atoms with E-state index < -0.39 is 0 Å². The molecule has 3 fully saturated rings. The Morgan fingerprint density at radius 2 is 1.89 bits per heavy atom. The van der Waals surface area contributed by atoms with Crippen LogP contribution in [0.1, 0.15) is 52.9 Å². The van der Waals surface area contributed by atoms with Crippen molar-refractivity contribution in [2.75, 3.05) is 39.4 Å². The SMILES string of the molecule is C[C@H]1OCCN[C@@H]1C(=O)NCC1(N2CCOC(C)(C)C2)CCCCC1.Cl.Cl. The summed E-state index contributed by atoms with van der Waals surface area (Å²) in [7, 11) is 0. The Kier molecular flexibility index (Phi) is 9.79. The Balaban J connectivity index is 0.00000182. The summed E-state index contributed by atoms with van der Waals surface area (Å²) >= 11 is 0. The molecule has 3 aliphatic rings. The van der Waals surface area contributed by atoms with E-state index in [-0.39, 0.29) is 54.0 Å². The van der Waals surface area contributed by atoms with Crippen molar-refractivity contribution >= 4 is 30.7 Å². The second-order valence-corrected chi connectivity index (χ2v) is 8.54. The van der Waals surface area contributed by atoms with Crippen LogP contribution < -0.4 is 10.6 Å². The zero-order valence-corrected chi connectivity index (χ0v) is 18.6. The minimum atomic E-state index is -0.240. The van der Waals surface area contributed by atoms with E-state index in [4.69, 9.17) is 9.47 Å². The lowest BCUT2D eigenvalue weighted by molar-refractivity contribution is -0.134. The monoisotopic (exact) mass is 425 g/mol. The molecular formula is C19H37Cl2N3O3. The summed E-state index contributed by atoms with van der Waals surface area (Å²) in [6.07, 6.45) is 6.04. The van der Waals surface area contributed by atoms with Crippen molar-refractivity contribution in [1.29, 1.82) is 0 Å². The van der Waals surface area contributed by atoms with Crippen molar-refractivity contribution in [1.82, 2.24) is 15.5 Å². The number of rotatable bonds is 4. The molecule has 2 heterocycles. The van der Waals surface area contributed by atoms with E-state index in [1.165, 1.54) is 19.3 Å². The second-order valence-electron chi connectivity index (χ2n) is 8.54. The van der Waals surface area contributed by atoms with Crippen LogP contribution in [-0.4, -0.2) is 73.5 Å². The molecule has 1 saturated carbocycles. The van der Waals surface area contributed by atoms with Crippen LogP contribution in [0.4, 0.5) is 0 Å². The van der Waals surface area contributed by atoms with Gasteiger partial charge in [0.2, 0.25) is 5.91 Å². The van der Waals surface area contributed by atoms with Gasteiger partial charge < -0.3 is 20.1 Å². The van der Waals surface area contributed by atoms with Crippen molar-refractivity contribution < 1.29 is 14.3 Å². The first-order valence-corrected chi connectivity index (χ1v) is 9.94.